The fourth-order valence-corrected chi connectivity index (χ4v) is 2.36. The van der Waals surface area contributed by atoms with Gasteiger partial charge in [0.2, 0.25) is 5.95 Å². The largest absolute Gasteiger partial charge is 0.370 e. The van der Waals surface area contributed by atoms with Gasteiger partial charge in [0.25, 0.3) is 0 Å². The fourth-order valence-electron chi connectivity index (χ4n) is 2.36. The van der Waals surface area contributed by atoms with Crippen LogP contribution in [0.1, 0.15) is 19.4 Å². The van der Waals surface area contributed by atoms with Crippen LogP contribution in [0.4, 0.5) is 11.8 Å². The molecule has 0 bridgehead atoms. The van der Waals surface area contributed by atoms with E-state index in [9.17, 15) is 0 Å². The van der Waals surface area contributed by atoms with Crippen LogP contribution in [0.15, 0.2) is 60.9 Å². The summed E-state index contributed by atoms with van der Waals surface area (Å²) < 4.78 is 0. The van der Waals surface area contributed by atoms with E-state index >= 15 is 0 Å². The molecule has 0 aliphatic rings. The molecule has 25 heavy (non-hydrogen) atoms. The lowest BCUT2D eigenvalue weighted by Crippen LogP contribution is -2.11. The Morgan fingerprint density at radius 1 is 0.920 bits per heavy atom. The van der Waals surface area contributed by atoms with Gasteiger partial charge in [-0.05, 0) is 23.6 Å². The zero-order valence-corrected chi connectivity index (χ0v) is 14.6. The summed E-state index contributed by atoms with van der Waals surface area (Å²) in [6, 6.07) is 16.1. The first kappa shape index (κ1) is 16.9. The van der Waals surface area contributed by atoms with E-state index in [1.54, 1.807) is 12.4 Å². The first-order chi connectivity index (χ1) is 12.2. The lowest BCUT2D eigenvalue weighted by atomic mass is 10.1. The van der Waals surface area contributed by atoms with Gasteiger partial charge in [-0.25, -0.2) is 4.98 Å². The normalized spacial score (nSPS) is 10.7. The molecule has 5 nitrogen and oxygen atoms in total. The van der Waals surface area contributed by atoms with E-state index in [4.69, 9.17) is 0 Å². The Balaban J connectivity index is 1.83. The number of rotatable bonds is 7. The SMILES string of the molecule is CC(C)CNc1cc(-c2ccccc2)nc(NCc2ccncc2)n1. The molecule has 0 fully saturated rings. The number of hydrogen-bond acceptors (Lipinski definition) is 5. The van der Waals surface area contributed by atoms with Crippen molar-refractivity contribution in [2.24, 2.45) is 5.92 Å². The maximum Gasteiger partial charge on any atom is 0.225 e. The number of aromatic nitrogens is 3. The Kier molecular flexibility index (Phi) is 5.57. The minimum atomic E-state index is 0.545. The van der Waals surface area contributed by atoms with Crippen molar-refractivity contribution in [3.8, 4) is 11.3 Å². The molecule has 3 rings (SSSR count). The van der Waals surface area contributed by atoms with Gasteiger partial charge in [-0.3, -0.25) is 4.98 Å². The number of nitrogens with zero attached hydrogens (tertiary/aromatic N) is 3. The molecular weight excluding hydrogens is 310 g/mol. The molecule has 3 aromatic rings. The molecule has 2 N–H and O–H groups in total. The van der Waals surface area contributed by atoms with Gasteiger partial charge in [-0.2, -0.15) is 4.98 Å². The predicted octanol–water partition coefficient (Wildman–Crippen LogP) is 4.22. The third-order valence-electron chi connectivity index (χ3n) is 3.69. The summed E-state index contributed by atoms with van der Waals surface area (Å²) in [6.07, 6.45) is 3.57. The molecule has 2 heterocycles. The molecule has 128 valence electrons. The Bertz CT molecular complexity index is 788. The summed E-state index contributed by atoms with van der Waals surface area (Å²) >= 11 is 0. The predicted molar refractivity (Wildman–Crippen MR) is 102 cm³/mol. The van der Waals surface area contributed by atoms with Crippen LogP contribution in [0, 0.1) is 5.92 Å². The molecule has 5 heteroatoms. The van der Waals surface area contributed by atoms with Crippen LogP contribution in [0.25, 0.3) is 11.3 Å². The van der Waals surface area contributed by atoms with Crippen molar-refractivity contribution in [2.75, 3.05) is 17.2 Å². The molecule has 0 saturated carbocycles. The quantitative estimate of drug-likeness (QED) is 0.678. The molecule has 0 unspecified atom stereocenters. The number of benzene rings is 1. The molecular formula is C20H23N5. The highest BCUT2D eigenvalue weighted by Crippen LogP contribution is 2.21. The summed E-state index contributed by atoms with van der Waals surface area (Å²) in [5.74, 6) is 1.99. The van der Waals surface area contributed by atoms with Crippen LogP contribution in [0.3, 0.4) is 0 Å². The lowest BCUT2D eigenvalue weighted by molar-refractivity contribution is 0.687. The van der Waals surface area contributed by atoms with Crippen molar-refractivity contribution in [1.29, 1.82) is 0 Å². The lowest BCUT2D eigenvalue weighted by Gasteiger charge is -2.12. The molecule has 0 aliphatic carbocycles. The van der Waals surface area contributed by atoms with E-state index in [0.717, 1.165) is 29.2 Å². The maximum atomic E-state index is 4.67. The third kappa shape index (κ3) is 5.01. The Morgan fingerprint density at radius 3 is 2.40 bits per heavy atom. The van der Waals surface area contributed by atoms with Crippen molar-refractivity contribution < 1.29 is 0 Å². The van der Waals surface area contributed by atoms with Gasteiger partial charge in [0, 0.05) is 37.1 Å². The molecule has 1 aromatic carbocycles. The average Bonchev–Trinajstić information content (AvgIpc) is 2.66. The second-order valence-corrected chi connectivity index (χ2v) is 6.31. The van der Waals surface area contributed by atoms with Crippen molar-refractivity contribution >= 4 is 11.8 Å². The van der Waals surface area contributed by atoms with E-state index < -0.39 is 0 Å². The first-order valence-electron chi connectivity index (χ1n) is 8.52. The van der Waals surface area contributed by atoms with E-state index in [-0.39, 0.29) is 0 Å². The molecule has 0 radical (unpaired) electrons. The molecule has 0 aliphatic heterocycles. The van der Waals surface area contributed by atoms with Crippen molar-refractivity contribution in [1.82, 2.24) is 15.0 Å². The Hall–Kier alpha value is -2.95. The van der Waals surface area contributed by atoms with Gasteiger partial charge in [0.1, 0.15) is 5.82 Å². The fraction of sp³-hybridized carbons (Fsp3) is 0.250. The minimum absolute atomic E-state index is 0.545. The highest BCUT2D eigenvalue weighted by atomic mass is 15.1. The molecule has 0 atom stereocenters. The van der Waals surface area contributed by atoms with Crippen LogP contribution in [-0.4, -0.2) is 21.5 Å². The number of hydrogen-bond donors (Lipinski definition) is 2. The van der Waals surface area contributed by atoms with Crippen molar-refractivity contribution in [2.45, 2.75) is 20.4 Å². The van der Waals surface area contributed by atoms with Crippen LogP contribution in [-0.2, 0) is 6.54 Å². The monoisotopic (exact) mass is 333 g/mol. The topological polar surface area (TPSA) is 62.7 Å². The second kappa shape index (κ2) is 8.24. The number of pyridine rings is 1. The van der Waals surface area contributed by atoms with Crippen LogP contribution < -0.4 is 10.6 Å². The highest BCUT2D eigenvalue weighted by Gasteiger charge is 2.07. The standard InChI is InChI=1S/C20H23N5/c1-15(2)13-22-19-12-18(17-6-4-3-5-7-17)24-20(25-19)23-14-16-8-10-21-11-9-16/h3-12,15H,13-14H2,1-2H3,(H2,22,23,24,25). The van der Waals surface area contributed by atoms with Crippen LogP contribution in [0.5, 0.6) is 0 Å². The zero-order chi connectivity index (χ0) is 17.5. The van der Waals surface area contributed by atoms with E-state index in [1.165, 1.54) is 0 Å². The van der Waals surface area contributed by atoms with Gasteiger partial charge in [-0.15, -0.1) is 0 Å². The Morgan fingerprint density at radius 2 is 1.68 bits per heavy atom. The summed E-state index contributed by atoms with van der Waals surface area (Å²) in [5, 5.41) is 6.70. The zero-order valence-electron chi connectivity index (χ0n) is 14.6. The number of anilines is 2. The summed E-state index contributed by atoms with van der Waals surface area (Å²) in [5.41, 5.74) is 3.11. The van der Waals surface area contributed by atoms with Crippen LogP contribution >= 0.6 is 0 Å². The van der Waals surface area contributed by atoms with Gasteiger partial charge in [-0.1, -0.05) is 44.2 Å². The summed E-state index contributed by atoms with van der Waals surface area (Å²) in [6.45, 7) is 5.88. The van der Waals surface area contributed by atoms with Gasteiger partial charge >= 0.3 is 0 Å². The molecule has 0 saturated heterocycles. The molecule has 2 aromatic heterocycles. The average molecular weight is 333 g/mol. The molecule has 0 spiro atoms. The smallest absolute Gasteiger partial charge is 0.225 e. The third-order valence-corrected chi connectivity index (χ3v) is 3.69. The second-order valence-electron chi connectivity index (χ2n) is 6.31. The van der Waals surface area contributed by atoms with E-state index in [1.807, 2.05) is 36.4 Å². The van der Waals surface area contributed by atoms with Gasteiger partial charge in [0.15, 0.2) is 0 Å². The maximum absolute atomic E-state index is 4.67. The Labute approximate surface area is 148 Å². The van der Waals surface area contributed by atoms with Crippen molar-refractivity contribution in [3.05, 3.63) is 66.5 Å². The van der Waals surface area contributed by atoms with Gasteiger partial charge < -0.3 is 10.6 Å². The van der Waals surface area contributed by atoms with E-state index in [2.05, 4.69) is 51.6 Å². The summed E-state index contributed by atoms with van der Waals surface area (Å²) in [7, 11) is 0. The summed E-state index contributed by atoms with van der Waals surface area (Å²) in [4.78, 5) is 13.3. The van der Waals surface area contributed by atoms with Crippen LogP contribution in [0.2, 0.25) is 0 Å². The molecule has 0 amide bonds. The highest BCUT2D eigenvalue weighted by molar-refractivity contribution is 5.64. The number of nitrogens with one attached hydrogen (secondary N) is 2. The van der Waals surface area contributed by atoms with E-state index in [0.29, 0.717) is 18.4 Å². The first-order valence-corrected chi connectivity index (χ1v) is 8.52. The van der Waals surface area contributed by atoms with Crippen molar-refractivity contribution in [3.63, 3.8) is 0 Å². The van der Waals surface area contributed by atoms with Gasteiger partial charge in [0.05, 0.1) is 5.69 Å². The minimum Gasteiger partial charge on any atom is -0.370 e.